The number of aliphatic hydroxyl groups is 1. The Morgan fingerprint density at radius 2 is 1.93 bits per heavy atom. The molecule has 1 aromatic carbocycles. The Hall–Kier alpha value is -1.08. The molecule has 1 nitrogen and oxygen atoms in total. The molecule has 1 aliphatic rings. The van der Waals surface area contributed by atoms with Gasteiger partial charge in [0.25, 0.3) is 0 Å². The first-order valence-corrected chi connectivity index (χ1v) is 5.30. The molecule has 1 aromatic rings. The van der Waals surface area contributed by atoms with Crippen LogP contribution in [0.4, 0.5) is 0 Å². The molecule has 0 unspecified atom stereocenters. The highest BCUT2D eigenvalue weighted by atomic mass is 16.3. The van der Waals surface area contributed by atoms with Crippen molar-refractivity contribution in [1.29, 1.82) is 0 Å². The van der Waals surface area contributed by atoms with Crippen LogP contribution in [-0.2, 0) is 0 Å². The lowest BCUT2D eigenvalue weighted by Gasteiger charge is -2.20. The van der Waals surface area contributed by atoms with Crippen LogP contribution in [0, 0.1) is 0 Å². The van der Waals surface area contributed by atoms with Gasteiger partial charge in [-0.05, 0) is 30.4 Å². The summed E-state index contributed by atoms with van der Waals surface area (Å²) in [4.78, 5) is 0. The largest absolute Gasteiger partial charge is 0.389 e. The molecule has 2 rings (SSSR count). The van der Waals surface area contributed by atoms with Crippen molar-refractivity contribution in [3.8, 4) is 0 Å². The van der Waals surface area contributed by atoms with Crippen LogP contribution < -0.4 is 0 Å². The second-order valence-corrected chi connectivity index (χ2v) is 3.89. The molecular weight excluding hydrogens is 172 g/mol. The maximum atomic E-state index is 9.76. The molecule has 0 heterocycles. The smallest absolute Gasteiger partial charge is 0.0753 e. The van der Waals surface area contributed by atoms with E-state index < -0.39 is 0 Å². The van der Waals surface area contributed by atoms with Gasteiger partial charge < -0.3 is 5.11 Å². The van der Waals surface area contributed by atoms with Gasteiger partial charge in [-0.25, -0.2) is 0 Å². The Balaban J connectivity index is 2.17. The van der Waals surface area contributed by atoms with Gasteiger partial charge in [0.2, 0.25) is 0 Å². The molecule has 0 spiro atoms. The summed E-state index contributed by atoms with van der Waals surface area (Å²) >= 11 is 0. The Kier molecular flexibility index (Phi) is 3.00. The van der Waals surface area contributed by atoms with E-state index >= 15 is 0 Å². The Morgan fingerprint density at radius 1 is 1.14 bits per heavy atom. The summed E-state index contributed by atoms with van der Waals surface area (Å²) in [5.74, 6) is 0. The van der Waals surface area contributed by atoms with Gasteiger partial charge in [0.05, 0.1) is 6.10 Å². The van der Waals surface area contributed by atoms with E-state index in [1.54, 1.807) is 0 Å². The van der Waals surface area contributed by atoms with Crippen LogP contribution in [0.25, 0.3) is 6.08 Å². The third-order valence-corrected chi connectivity index (χ3v) is 2.77. The second kappa shape index (κ2) is 4.43. The normalized spacial score (nSPS) is 25.2. The van der Waals surface area contributed by atoms with Crippen molar-refractivity contribution in [3.05, 3.63) is 41.5 Å². The third-order valence-electron chi connectivity index (χ3n) is 2.77. The van der Waals surface area contributed by atoms with E-state index in [0.717, 1.165) is 19.3 Å². The van der Waals surface area contributed by atoms with E-state index in [4.69, 9.17) is 0 Å². The molecule has 1 saturated carbocycles. The number of hydrogen-bond donors (Lipinski definition) is 1. The van der Waals surface area contributed by atoms with Crippen molar-refractivity contribution in [2.75, 3.05) is 0 Å². The van der Waals surface area contributed by atoms with Crippen LogP contribution in [0.1, 0.15) is 31.2 Å². The summed E-state index contributed by atoms with van der Waals surface area (Å²) in [6, 6.07) is 10.2. The fourth-order valence-electron chi connectivity index (χ4n) is 1.95. The molecule has 0 amide bonds. The zero-order chi connectivity index (χ0) is 9.80. The molecular formula is C13H16O. The molecule has 0 radical (unpaired) electrons. The van der Waals surface area contributed by atoms with Gasteiger partial charge in [-0.1, -0.05) is 42.8 Å². The molecule has 14 heavy (non-hydrogen) atoms. The summed E-state index contributed by atoms with van der Waals surface area (Å²) in [5, 5.41) is 9.76. The molecule has 1 heteroatoms. The second-order valence-electron chi connectivity index (χ2n) is 3.89. The van der Waals surface area contributed by atoms with Crippen molar-refractivity contribution in [2.24, 2.45) is 0 Å². The van der Waals surface area contributed by atoms with Crippen molar-refractivity contribution in [2.45, 2.75) is 31.8 Å². The van der Waals surface area contributed by atoms with Crippen LogP contribution in [0.2, 0.25) is 0 Å². The standard InChI is InChI=1S/C13H16O/c14-13-9-5-4-8-12(13)10-11-6-2-1-3-7-11/h1-3,6-7,10,13-14H,4-5,8-9H2/b12-10+/t13-/m0/s1. The van der Waals surface area contributed by atoms with Gasteiger partial charge in [-0.2, -0.15) is 0 Å². The highest BCUT2D eigenvalue weighted by Crippen LogP contribution is 2.25. The molecule has 1 N–H and O–H groups in total. The predicted octanol–water partition coefficient (Wildman–Crippen LogP) is 3.00. The highest BCUT2D eigenvalue weighted by molar-refractivity contribution is 5.53. The van der Waals surface area contributed by atoms with Gasteiger partial charge >= 0.3 is 0 Å². The number of hydrogen-bond acceptors (Lipinski definition) is 1. The molecule has 1 atom stereocenters. The van der Waals surface area contributed by atoms with E-state index in [1.807, 2.05) is 18.2 Å². The van der Waals surface area contributed by atoms with Crippen molar-refractivity contribution in [1.82, 2.24) is 0 Å². The van der Waals surface area contributed by atoms with Crippen molar-refractivity contribution >= 4 is 6.08 Å². The van der Waals surface area contributed by atoms with E-state index in [-0.39, 0.29) is 6.10 Å². The summed E-state index contributed by atoms with van der Waals surface area (Å²) < 4.78 is 0. The number of benzene rings is 1. The summed E-state index contributed by atoms with van der Waals surface area (Å²) in [6.07, 6.45) is 6.28. The van der Waals surface area contributed by atoms with E-state index in [9.17, 15) is 5.11 Å². The van der Waals surface area contributed by atoms with Crippen LogP contribution >= 0.6 is 0 Å². The fraction of sp³-hybridized carbons (Fsp3) is 0.385. The van der Waals surface area contributed by atoms with Gasteiger partial charge in [0.1, 0.15) is 0 Å². The minimum absolute atomic E-state index is 0.205. The van der Waals surface area contributed by atoms with Gasteiger partial charge in [-0.3, -0.25) is 0 Å². The minimum atomic E-state index is -0.205. The summed E-state index contributed by atoms with van der Waals surface area (Å²) in [7, 11) is 0. The zero-order valence-electron chi connectivity index (χ0n) is 8.32. The minimum Gasteiger partial charge on any atom is -0.389 e. The molecule has 0 bridgehead atoms. The van der Waals surface area contributed by atoms with Gasteiger partial charge in [0, 0.05) is 0 Å². The predicted molar refractivity (Wildman–Crippen MR) is 58.9 cm³/mol. The SMILES string of the molecule is O[C@H]1CCCC/C1=C\c1ccccc1. The van der Waals surface area contributed by atoms with Crippen molar-refractivity contribution < 1.29 is 5.11 Å². The number of rotatable bonds is 1. The van der Waals surface area contributed by atoms with Gasteiger partial charge in [0.15, 0.2) is 0 Å². The topological polar surface area (TPSA) is 20.2 Å². The molecule has 0 saturated heterocycles. The molecule has 74 valence electrons. The highest BCUT2D eigenvalue weighted by Gasteiger charge is 2.15. The average molecular weight is 188 g/mol. The lowest BCUT2D eigenvalue weighted by atomic mass is 9.91. The lowest BCUT2D eigenvalue weighted by Crippen LogP contribution is -2.14. The quantitative estimate of drug-likeness (QED) is 0.718. The Labute approximate surface area is 85.1 Å². The first-order valence-electron chi connectivity index (χ1n) is 5.30. The summed E-state index contributed by atoms with van der Waals surface area (Å²) in [6.45, 7) is 0. The molecule has 0 aliphatic heterocycles. The van der Waals surface area contributed by atoms with Crippen LogP contribution in [-0.4, -0.2) is 11.2 Å². The third kappa shape index (κ3) is 2.24. The van der Waals surface area contributed by atoms with Crippen molar-refractivity contribution in [3.63, 3.8) is 0 Å². The van der Waals surface area contributed by atoms with Gasteiger partial charge in [-0.15, -0.1) is 0 Å². The average Bonchev–Trinajstić information content (AvgIpc) is 2.23. The maximum Gasteiger partial charge on any atom is 0.0753 e. The van der Waals surface area contributed by atoms with E-state index in [2.05, 4.69) is 18.2 Å². The molecule has 0 aromatic heterocycles. The Bertz CT molecular complexity index is 313. The monoisotopic (exact) mass is 188 g/mol. The maximum absolute atomic E-state index is 9.76. The lowest BCUT2D eigenvalue weighted by molar-refractivity contribution is 0.180. The zero-order valence-corrected chi connectivity index (χ0v) is 8.32. The van der Waals surface area contributed by atoms with Crippen LogP contribution in [0.5, 0.6) is 0 Å². The first kappa shape index (κ1) is 9.47. The first-order chi connectivity index (χ1) is 6.86. The molecule has 1 aliphatic carbocycles. The van der Waals surface area contributed by atoms with E-state index in [0.29, 0.717) is 0 Å². The Morgan fingerprint density at radius 3 is 2.64 bits per heavy atom. The van der Waals surface area contributed by atoms with Crippen LogP contribution in [0.3, 0.4) is 0 Å². The number of aliphatic hydroxyl groups excluding tert-OH is 1. The van der Waals surface area contributed by atoms with Crippen LogP contribution in [0.15, 0.2) is 35.9 Å². The summed E-state index contributed by atoms with van der Waals surface area (Å²) in [5.41, 5.74) is 2.39. The fourth-order valence-corrected chi connectivity index (χ4v) is 1.95. The van der Waals surface area contributed by atoms with E-state index in [1.165, 1.54) is 17.6 Å². The molecule has 1 fully saturated rings.